The normalized spacial score (nSPS) is 23.9. The third-order valence-electron chi connectivity index (χ3n) is 5.31. The molecule has 0 saturated carbocycles. The molecule has 2 aliphatic rings. The number of benzene rings is 1. The van der Waals surface area contributed by atoms with E-state index in [2.05, 4.69) is 4.98 Å². The summed E-state index contributed by atoms with van der Waals surface area (Å²) in [5.74, 6) is 0.655. The van der Waals surface area contributed by atoms with Crippen molar-refractivity contribution in [2.75, 3.05) is 33.6 Å². The van der Waals surface area contributed by atoms with Crippen LogP contribution in [0.25, 0.3) is 0 Å². The predicted octanol–water partition coefficient (Wildman–Crippen LogP) is 3.39. The van der Waals surface area contributed by atoms with Crippen molar-refractivity contribution in [3.8, 4) is 11.5 Å². The van der Waals surface area contributed by atoms with Crippen LogP contribution >= 0.6 is 11.3 Å². The van der Waals surface area contributed by atoms with E-state index in [1.165, 1.54) is 32.3 Å². The van der Waals surface area contributed by atoms with Gasteiger partial charge in [-0.25, -0.2) is 9.37 Å². The van der Waals surface area contributed by atoms with Gasteiger partial charge in [-0.2, -0.15) is 0 Å². The van der Waals surface area contributed by atoms with E-state index in [4.69, 9.17) is 18.9 Å². The molecule has 0 N–H and O–H groups in total. The quantitative estimate of drug-likeness (QED) is 0.691. The lowest BCUT2D eigenvalue weighted by atomic mass is 9.89. The fraction of sp³-hybridized carbons (Fsp3) is 0.524. The second kappa shape index (κ2) is 8.13. The summed E-state index contributed by atoms with van der Waals surface area (Å²) in [5.41, 5.74) is -1.58. The number of carbonyl (C=O) groups excluding carboxylic acids is 1. The van der Waals surface area contributed by atoms with Crippen LogP contribution in [0.2, 0.25) is 0 Å². The van der Waals surface area contributed by atoms with Crippen molar-refractivity contribution in [3.63, 3.8) is 0 Å². The molecule has 9 heteroatoms. The number of rotatable bonds is 6. The summed E-state index contributed by atoms with van der Waals surface area (Å²) in [6, 6.07) is 4.93. The Hall–Kier alpha value is -2.23. The molecule has 1 aromatic carbocycles. The molecule has 2 saturated heterocycles. The zero-order chi connectivity index (χ0) is 21.4. The number of likely N-dealkylation sites (tertiary alicyclic amines) is 1. The molecule has 1 unspecified atom stereocenters. The van der Waals surface area contributed by atoms with Crippen molar-refractivity contribution in [1.29, 1.82) is 0 Å². The Morgan fingerprint density at radius 1 is 1.43 bits per heavy atom. The van der Waals surface area contributed by atoms with Gasteiger partial charge in [0.15, 0.2) is 17.1 Å². The molecule has 0 spiro atoms. The van der Waals surface area contributed by atoms with Gasteiger partial charge in [-0.3, -0.25) is 4.79 Å². The van der Waals surface area contributed by atoms with Gasteiger partial charge in [0.25, 0.3) is 5.91 Å². The lowest BCUT2D eigenvalue weighted by Gasteiger charge is -2.40. The van der Waals surface area contributed by atoms with E-state index >= 15 is 0 Å². The van der Waals surface area contributed by atoms with Crippen molar-refractivity contribution in [2.45, 2.75) is 37.6 Å². The van der Waals surface area contributed by atoms with E-state index in [-0.39, 0.29) is 25.4 Å². The number of hydrogen-bond donors (Lipinski definition) is 0. The van der Waals surface area contributed by atoms with Gasteiger partial charge in [0.2, 0.25) is 0 Å². The van der Waals surface area contributed by atoms with E-state index in [0.29, 0.717) is 36.6 Å². The lowest BCUT2D eigenvalue weighted by molar-refractivity contribution is -0.0440. The number of aromatic nitrogens is 1. The Morgan fingerprint density at radius 3 is 2.97 bits per heavy atom. The Labute approximate surface area is 178 Å². The van der Waals surface area contributed by atoms with Gasteiger partial charge in [0.1, 0.15) is 30.2 Å². The van der Waals surface area contributed by atoms with Crippen molar-refractivity contribution in [1.82, 2.24) is 9.88 Å². The highest BCUT2D eigenvalue weighted by atomic mass is 32.1. The number of halogens is 1. The standard InChI is InChI=1S/C21H25FN2O5S/c1-20(2,22)12-27-15-5-4-14(10-16(15)26-3)18(25)24-8-6-21(19-23-7-9-30-19)17(11-24)28-13-29-21/h4-5,7,9-10,17H,6,8,11-13H2,1-3H3/t17?,21-/m0/s1. The minimum absolute atomic E-state index is 0.110. The molecule has 1 aromatic heterocycles. The summed E-state index contributed by atoms with van der Waals surface area (Å²) in [6.45, 7) is 3.89. The molecule has 2 aliphatic heterocycles. The largest absolute Gasteiger partial charge is 0.493 e. The molecule has 7 nitrogen and oxygen atoms in total. The summed E-state index contributed by atoms with van der Waals surface area (Å²) in [6.07, 6.45) is 2.10. The number of piperidine rings is 1. The Bertz CT molecular complexity index is 901. The second-order valence-corrected chi connectivity index (χ2v) is 8.91. The minimum Gasteiger partial charge on any atom is -0.493 e. The Kier molecular flexibility index (Phi) is 5.69. The van der Waals surface area contributed by atoms with Crippen molar-refractivity contribution >= 4 is 17.2 Å². The van der Waals surface area contributed by atoms with Crippen molar-refractivity contribution < 1.29 is 28.1 Å². The van der Waals surface area contributed by atoms with Gasteiger partial charge in [0.05, 0.1) is 13.7 Å². The van der Waals surface area contributed by atoms with Crippen molar-refractivity contribution in [2.24, 2.45) is 0 Å². The molecule has 0 radical (unpaired) electrons. The van der Waals surface area contributed by atoms with Crippen LogP contribution in [0.1, 0.15) is 35.6 Å². The number of fused-ring (bicyclic) bond motifs is 1. The summed E-state index contributed by atoms with van der Waals surface area (Å²) in [7, 11) is 1.49. The average Bonchev–Trinajstić information content (AvgIpc) is 3.40. The van der Waals surface area contributed by atoms with Crippen LogP contribution in [0, 0.1) is 0 Å². The fourth-order valence-corrected chi connectivity index (χ4v) is 4.61. The van der Waals surface area contributed by atoms with Gasteiger partial charge < -0.3 is 23.8 Å². The molecule has 1 amide bonds. The molecule has 4 rings (SSSR count). The molecular weight excluding hydrogens is 411 g/mol. The number of nitrogens with zero attached hydrogens (tertiary/aromatic N) is 2. The molecule has 0 aliphatic carbocycles. The van der Waals surface area contributed by atoms with Crippen LogP contribution in [-0.2, 0) is 15.1 Å². The van der Waals surface area contributed by atoms with E-state index in [9.17, 15) is 9.18 Å². The van der Waals surface area contributed by atoms with Crippen LogP contribution in [-0.4, -0.2) is 61.2 Å². The molecule has 2 fully saturated rings. The van der Waals surface area contributed by atoms with Crippen molar-refractivity contribution in [3.05, 3.63) is 40.3 Å². The number of ether oxygens (including phenoxy) is 4. The first-order valence-electron chi connectivity index (χ1n) is 9.77. The number of thiazole rings is 1. The van der Waals surface area contributed by atoms with Crippen LogP contribution in [0.5, 0.6) is 11.5 Å². The number of hydrogen-bond acceptors (Lipinski definition) is 7. The molecule has 2 atom stereocenters. The third-order valence-corrected chi connectivity index (χ3v) is 6.24. The molecule has 3 heterocycles. The van der Waals surface area contributed by atoms with Crippen LogP contribution < -0.4 is 9.47 Å². The second-order valence-electron chi connectivity index (χ2n) is 8.02. The first-order valence-corrected chi connectivity index (χ1v) is 10.6. The highest BCUT2D eigenvalue weighted by molar-refractivity contribution is 7.09. The topological polar surface area (TPSA) is 70.1 Å². The fourth-order valence-electron chi connectivity index (χ4n) is 3.75. The highest BCUT2D eigenvalue weighted by Crippen LogP contribution is 2.43. The van der Waals surface area contributed by atoms with Gasteiger partial charge in [-0.05, 0) is 32.0 Å². The van der Waals surface area contributed by atoms with E-state index in [1.54, 1.807) is 29.3 Å². The lowest BCUT2D eigenvalue weighted by Crippen LogP contribution is -2.53. The Morgan fingerprint density at radius 2 is 2.27 bits per heavy atom. The van der Waals surface area contributed by atoms with E-state index in [0.717, 1.165) is 5.01 Å². The highest BCUT2D eigenvalue weighted by Gasteiger charge is 2.52. The zero-order valence-corrected chi connectivity index (χ0v) is 18.0. The maximum absolute atomic E-state index is 13.7. The maximum Gasteiger partial charge on any atom is 0.254 e. The summed E-state index contributed by atoms with van der Waals surface area (Å²) in [5, 5.41) is 2.80. The monoisotopic (exact) mass is 436 g/mol. The first kappa shape index (κ1) is 21.0. The van der Waals surface area contributed by atoms with Crippen LogP contribution in [0.4, 0.5) is 4.39 Å². The first-order chi connectivity index (χ1) is 14.3. The summed E-state index contributed by atoms with van der Waals surface area (Å²) < 4.78 is 36.4. The summed E-state index contributed by atoms with van der Waals surface area (Å²) >= 11 is 1.54. The molecule has 162 valence electrons. The van der Waals surface area contributed by atoms with Gasteiger partial charge >= 0.3 is 0 Å². The smallest absolute Gasteiger partial charge is 0.254 e. The van der Waals surface area contributed by atoms with Gasteiger partial charge in [-0.15, -0.1) is 11.3 Å². The molecule has 2 aromatic rings. The maximum atomic E-state index is 13.7. The third kappa shape index (κ3) is 4.01. The van der Waals surface area contributed by atoms with E-state index < -0.39 is 11.3 Å². The van der Waals surface area contributed by atoms with Crippen LogP contribution in [0.15, 0.2) is 29.8 Å². The van der Waals surface area contributed by atoms with Gasteiger partial charge in [0, 0.05) is 30.1 Å². The number of amides is 1. The number of methoxy groups -OCH3 is 1. The minimum atomic E-state index is -1.47. The number of carbonyl (C=O) groups is 1. The molecular formula is C21H25FN2O5S. The predicted molar refractivity (Wildman–Crippen MR) is 109 cm³/mol. The zero-order valence-electron chi connectivity index (χ0n) is 17.2. The SMILES string of the molecule is COc1cc(C(=O)N2CC[C@]3(c4nccs4)OCOC3C2)ccc1OCC(C)(C)F. The average molecular weight is 437 g/mol. The van der Waals surface area contributed by atoms with Gasteiger partial charge in [-0.1, -0.05) is 0 Å². The number of alkyl halides is 1. The molecule has 0 bridgehead atoms. The Balaban J connectivity index is 1.49. The van der Waals surface area contributed by atoms with Crippen LogP contribution in [0.3, 0.4) is 0 Å². The summed E-state index contributed by atoms with van der Waals surface area (Å²) in [4.78, 5) is 19.3. The van der Waals surface area contributed by atoms with E-state index in [1.807, 2.05) is 5.38 Å². The molecule has 30 heavy (non-hydrogen) atoms.